The molecule has 0 bridgehead atoms. The first kappa shape index (κ1) is 15.0. The SMILES string of the molecule is C1CCCCC1.O=C(O)O.O=C(O)O. The van der Waals surface area contributed by atoms with E-state index in [9.17, 15) is 0 Å². The van der Waals surface area contributed by atoms with Crippen LogP contribution in [0.5, 0.6) is 0 Å². The Morgan fingerprint density at radius 1 is 0.571 bits per heavy atom. The van der Waals surface area contributed by atoms with Crippen LogP contribution in [0.2, 0.25) is 0 Å². The third kappa shape index (κ3) is 46.5. The number of rotatable bonds is 0. The molecule has 0 heterocycles. The highest BCUT2D eigenvalue weighted by atomic mass is 16.6. The van der Waals surface area contributed by atoms with Gasteiger partial charge in [-0.25, -0.2) is 9.59 Å². The monoisotopic (exact) mass is 208 g/mol. The van der Waals surface area contributed by atoms with Gasteiger partial charge in [-0.15, -0.1) is 0 Å². The van der Waals surface area contributed by atoms with Crippen molar-refractivity contribution in [1.82, 2.24) is 0 Å². The third-order valence-electron chi connectivity index (χ3n) is 1.50. The highest BCUT2D eigenvalue weighted by Gasteiger charge is 1.95. The minimum absolute atomic E-state index is 1.50. The summed E-state index contributed by atoms with van der Waals surface area (Å²) in [6, 6.07) is 0. The van der Waals surface area contributed by atoms with Crippen molar-refractivity contribution in [2.24, 2.45) is 0 Å². The van der Waals surface area contributed by atoms with Crippen molar-refractivity contribution in [3.05, 3.63) is 0 Å². The second kappa shape index (κ2) is 11.5. The van der Waals surface area contributed by atoms with Gasteiger partial charge < -0.3 is 20.4 Å². The molecule has 1 aliphatic carbocycles. The van der Waals surface area contributed by atoms with Crippen LogP contribution >= 0.6 is 0 Å². The molecule has 0 aromatic carbocycles. The predicted molar refractivity (Wildman–Crippen MR) is 49.0 cm³/mol. The van der Waals surface area contributed by atoms with Gasteiger partial charge in [0, 0.05) is 0 Å². The molecule has 1 saturated carbocycles. The molecule has 6 heteroatoms. The van der Waals surface area contributed by atoms with Crippen LogP contribution in [-0.2, 0) is 0 Å². The Bertz CT molecular complexity index is 120. The highest BCUT2D eigenvalue weighted by molar-refractivity contribution is 5.53. The Labute approximate surface area is 81.8 Å². The zero-order chi connectivity index (χ0) is 11.4. The van der Waals surface area contributed by atoms with Gasteiger partial charge in [0.05, 0.1) is 0 Å². The van der Waals surface area contributed by atoms with E-state index in [0.29, 0.717) is 0 Å². The summed E-state index contributed by atoms with van der Waals surface area (Å²) < 4.78 is 0. The lowest BCUT2D eigenvalue weighted by Crippen LogP contribution is -1.85. The molecule has 6 nitrogen and oxygen atoms in total. The summed E-state index contributed by atoms with van der Waals surface area (Å²) >= 11 is 0. The van der Waals surface area contributed by atoms with Gasteiger partial charge in [0.2, 0.25) is 0 Å². The number of hydrogen-bond acceptors (Lipinski definition) is 2. The lowest BCUT2D eigenvalue weighted by molar-refractivity contribution is 0.135. The molecule has 0 radical (unpaired) electrons. The lowest BCUT2D eigenvalue weighted by Gasteiger charge is -2.05. The molecule has 0 saturated heterocycles. The Kier molecular flexibility index (Phi) is 12.4. The molecule has 0 spiro atoms. The molecule has 0 aliphatic heterocycles. The molecule has 4 N–H and O–H groups in total. The first-order valence-electron chi connectivity index (χ1n) is 4.30. The van der Waals surface area contributed by atoms with Crippen molar-refractivity contribution in [2.75, 3.05) is 0 Å². The van der Waals surface area contributed by atoms with E-state index in [1.165, 1.54) is 38.5 Å². The lowest BCUT2D eigenvalue weighted by atomic mass is 10.0. The van der Waals surface area contributed by atoms with E-state index >= 15 is 0 Å². The molecule has 0 atom stereocenters. The van der Waals surface area contributed by atoms with Crippen molar-refractivity contribution in [3.8, 4) is 0 Å². The van der Waals surface area contributed by atoms with Gasteiger partial charge in [-0.05, 0) is 0 Å². The summed E-state index contributed by atoms with van der Waals surface area (Å²) in [6.07, 6.45) is 5.33. The van der Waals surface area contributed by atoms with Gasteiger partial charge in [0.15, 0.2) is 0 Å². The third-order valence-corrected chi connectivity index (χ3v) is 1.50. The second-order valence-electron chi connectivity index (χ2n) is 2.69. The Balaban J connectivity index is 0. The van der Waals surface area contributed by atoms with Crippen molar-refractivity contribution in [2.45, 2.75) is 38.5 Å². The van der Waals surface area contributed by atoms with E-state index in [4.69, 9.17) is 30.0 Å². The smallest absolute Gasteiger partial charge is 0.450 e. The van der Waals surface area contributed by atoms with E-state index in [2.05, 4.69) is 0 Å². The topological polar surface area (TPSA) is 115 Å². The minimum Gasteiger partial charge on any atom is -0.450 e. The first-order chi connectivity index (χ1) is 6.46. The summed E-state index contributed by atoms with van der Waals surface area (Å²) in [5, 5.41) is 27.9. The van der Waals surface area contributed by atoms with Crippen LogP contribution in [0, 0.1) is 0 Å². The molecule has 0 aromatic rings. The van der Waals surface area contributed by atoms with Crippen molar-refractivity contribution in [3.63, 3.8) is 0 Å². The fraction of sp³-hybridized carbons (Fsp3) is 0.750. The van der Waals surface area contributed by atoms with Crippen LogP contribution in [0.15, 0.2) is 0 Å². The molecule has 0 aromatic heterocycles. The fourth-order valence-corrected chi connectivity index (χ4v) is 1.06. The Morgan fingerprint density at radius 3 is 0.714 bits per heavy atom. The van der Waals surface area contributed by atoms with Crippen LogP contribution in [-0.4, -0.2) is 32.7 Å². The van der Waals surface area contributed by atoms with Gasteiger partial charge in [0.25, 0.3) is 0 Å². The average molecular weight is 208 g/mol. The number of carboxylic acid groups (broad SMARTS) is 4. The molecular weight excluding hydrogens is 192 g/mol. The quantitative estimate of drug-likeness (QED) is 0.486. The maximum Gasteiger partial charge on any atom is 0.503 e. The summed E-state index contributed by atoms with van der Waals surface area (Å²) in [5.74, 6) is 0. The second-order valence-corrected chi connectivity index (χ2v) is 2.69. The largest absolute Gasteiger partial charge is 0.503 e. The summed E-state index contributed by atoms with van der Waals surface area (Å²) in [7, 11) is 0. The van der Waals surface area contributed by atoms with Crippen LogP contribution in [0.3, 0.4) is 0 Å². The number of hydrogen-bond donors (Lipinski definition) is 4. The van der Waals surface area contributed by atoms with Crippen LogP contribution in [0.4, 0.5) is 9.59 Å². The van der Waals surface area contributed by atoms with Crippen LogP contribution in [0.25, 0.3) is 0 Å². The van der Waals surface area contributed by atoms with Gasteiger partial charge in [-0.1, -0.05) is 38.5 Å². The summed E-state index contributed by atoms with van der Waals surface area (Å²) in [6.45, 7) is 0. The molecular formula is C8H16O6. The normalized spacial score (nSPS) is 13.7. The summed E-state index contributed by atoms with van der Waals surface area (Å²) in [4.78, 5) is 17.1. The molecule has 14 heavy (non-hydrogen) atoms. The van der Waals surface area contributed by atoms with E-state index in [-0.39, 0.29) is 0 Å². The minimum atomic E-state index is -1.83. The average Bonchev–Trinajstić information content (AvgIpc) is 2.05. The van der Waals surface area contributed by atoms with Crippen LogP contribution in [0.1, 0.15) is 38.5 Å². The van der Waals surface area contributed by atoms with E-state index in [0.717, 1.165) is 0 Å². The predicted octanol–water partition coefficient (Wildman–Crippen LogP) is 2.79. The highest BCUT2D eigenvalue weighted by Crippen LogP contribution is 2.15. The summed E-state index contributed by atoms with van der Waals surface area (Å²) in [5.41, 5.74) is 0. The zero-order valence-electron chi connectivity index (χ0n) is 7.85. The van der Waals surface area contributed by atoms with Gasteiger partial charge in [0.1, 0.15) is 0 Å². The van der Waals surface area contributed by atoms with E-state index in [1.807, 2.05) is 0 Å². The van der Waals surface area contributed by atoms with Crippen molar-refractivity contribution in [1.29, 1.82) is 0 Å². The molecule has 84 valence electrons. The molecule has 1 fully saturated rings. The van der Waals surface area contributed by atoms with Crippen molar-refractivity contribution < 1.29 is 30.0 Å². The Hall–Kier alpha value is -1.46. The standard InChI is InChI=1S/C6H12.2CH2O3/c1-2-4-6-5-3-1;2*2-1(3)4/h1-6H2;2*(H2,2,3,4). The van der Waals surface area contributed by atoms with Gasteiger partial charge in [-0.2, -0.15) is 0 Å². The van der Waals surface area contributed by atoms with Gasteiger partial charge in [-0.3, -0.25) is 0 Å². The van der Waals surface area contributed by atoms with Crippen LogP contribution < -0.4 is 0 Å². The zero-order valence-corrected chi connectivity index (χ0v) is 7.85. The fourth-order valence-electron chi connectivity index (χ4n) is 1.06. The van der Waals surface area contributed by atoms with E-state index in [1.54, 1.807) is 0 Å². The molecule has 0 amide bonds. The molecule has 0 unspecified atom stereocenters. The van der Waals surface area contributed by atoms with Gasteiger partial charge >= 0.3 is 12.3 Å². The molecule has 1 aliphatic rings. The first-order valence-corrected chi connectivity index (χ1v) is 4.30. The molecule has 1 rings (SSSR count). The maximum absolute atomic E-state index is 8.56. The number of carbonyl (C=O) groups is 2. The Morgan fingerprint density at radius 2 is 0.643 bits per heavy atom. The maximum atomic E-state index is 8.56. The van der Waals surface area contributed by atoms with Crippen molar-refractivity contribution >= 4 is 12.3 Å². The van der Waals surface area contributed by atoms with E-state index < -0.39 is 12.3 Å².